The Balaban J connectivity index is 1.50. The predicted octanol–water partition coefficient (Wildman–Crippen LogP) is 7.57. The number of hydrogen-bond donors (Lipinski definition) is 2. The summed E-state index contributed by atoms with van der Waals surface area (Å²) in [6, 6.07) is 26.3. The lowest BCUT2D eigenvalue weighted by Crippen LogP contribution is -2.18. The number of halogens is 1. The molecule has 0 amide bonds. The minimum atomic E-state index is -0.866. The number of nitrogens with zero attached hydrogens (tertiary/aromatic N) is 1. The standard InChI is InChI=1S/C29H29ClN2OS/c1-29(2,33)26-9-4-3-7-21(26)13-17-28(34-31)23-8-5-6-20(18-23)10-15-25-16-12-22-11-14-24(30)19-27(22)32-25/h3-12,14-16,18-19,28,33H,13,17,31H2,1-2H3/b15-10+. The maximum atomic E-state index is 10.5. The van der Waals surface area contributed by atoms with Gasteiger partial charge in [-0.3, -0.25) is 5.14 Å². The van der Waals surface area contributed by atoms with E-state index in [0.717, 1.165) is 46.1 Å². The van der Waals surface area contributed by atoms with Gasteiger partial charge >= 0.3 is 0 Å². The van der Waals surface area contributed by atoms with Crippen molar-refractivity contribution in [2.45, 2.75) is 37.5 Å². The second-order valence-electron chi connectivity index (χ2n) is 8.96. The summed E-state index contributed by atoms with van der Waals surface area (Å²) in [5, 5.41) is 18.5. The molecular weight excluding hydrogens is 460 g/mol. The molecule has 0 spiro atoms. The van der Waals surface area contributed by atoms with Crippen LogP contribution in [0.5, 0.6) is 0 Å². The van der Waals surface area contributed by atoms with Gasteiger partial charge in [0.25, 0.3) is 0 Å². The fraction of sp³-hybridized carbons (Fsp3) is 0.207. The summed E-state index contributed by atoms with van der Waals surface area (Å²) < 4.78 is 0. The highest BCUT2D eigenvalue weighted by molar-refractivity contribution is 7.97. The molecular formula is C29H29ClN2OS. The highest BCUT2D eigenvalue weighted by Crippen LogP contribution is 2.32. The fourth-order valence-electron chi connectivity index (χ4n) is 4.18. The average molecular weight is 489 g/mol. The van der Waals surface area contributed by atoms with Crippen molar-refractivity contribution in [3.8, 4) is 0 Å². The van der Waals surface area contributed by atoms with Crippen LogP contribution in [0.2, 0.25) is 5.02 Å². The quantitative estimate of drug-likeness (QED) is 0.251. The first-order valence-corrected chi connectivity index (χ1v) is 12.7. The number of hydrogen-bond acceptors (Lipinski definition) is 4. The number of nitrogens with two attached hydrogens (primary N) is 1. The van der Waals surface area contributed by atoms with Crippen molar-refractivity contribution in [3.63, 3.8) is 0 Å². The smallest absolute Gasteiger partial charge is 0.0843 e. The molecule has 0 saturated carbocycles. The molecule has 174 valence electrons. The molecule has 0 aliphatic carbocycles. The molecule has 1 unspecified atom stereocenters. The second-order valence-corrected chi connectivity index (χ2v) is 10.2. The molecule has 0 fully saturated rings. The van der Waals surface area contributed by atoms with Gasteiger partial charge in [0.2, 0.25) is 0 Å². The molecule has 0 aliphatic heterocycles. The van der Waals surface area contributed by atoms with Crippen LogP contribution < -0.4 is 5.14 Å². The van der Waals surface area contributed by atoms with E-state index in [9.17, 15) is 5.11 Å². The topological polar surface area (TPSA) is 59.1 Å². The van der Waals surface area contributed by atoms with Crippen molar-refractivity contribution in [1.29, 1.82) is 0 Å². The Morgan fingerprint density at radius 2 is 1.79 bits per heavy atom. The molecule has 3 nitrogen and oxygen atoms in total. The normalized spacial score (nSPS) is 13.0. The first kappa shape index (κ1) is 24.5. The highest BCUT2D eigenvalue weighted by Gasteiger charge is 2.20. The maximum Gasteiger partial charge on any atom is 0.0843 e. The van der Waals surface area contributed by atoms with E-state index in [2.05, 4.69) is 42.5 Å². The third-order valence-corrected chi connectivity index (χ3v) is 6.99. The summed E-state index contributed by atoms with van der Waals surface area (Å²) in [5.41, 5.74) is 5.32. The molecule has 0 bridgehead atoms. The molecule has 4 rings (SSSR count). The second kappa shape index (κ2) is 10.7. The number of rotatable bonds is 8. The van der Waals surface area contributed by atoms with Gasteiger partial charge in [-0.1, -0.05) is 90.3 Å². The molecule has 0 radical (unpaired) electrons. The van der Waals surface area contributed by atoms with Gasteiger partial charge in [0.05, 0.1) is 16.8 Å². The third kappa shape index (κ3) is 6.08. The number of aryl methyl sites for hydroxylation is 1. The van der Waals surface area contributed by atoms with Crippen molar-refractivity contribution < 1.29 is 5.11 Å². The van der Waals surface area contributed by atoms with Crippen LogP contribution in [0.15, 0.2) is 78.9 Å². The number of fused-ring (bicyclic) bond motifs is 1. The lowest BCUT2D eigenvalue weighted by molar-refractivity contribution is 0.0776. The van der Waals surface area contributed by atoms with Crippen LogP contribution in [0.4, 0.5) is 0 Å². The summed E-state index contributed by atoms with van der Waals surface area (Å²) >= 11 is 7.49. The molecule has 3 aromatic carbocycles. The van der Waals surface area contributed by atoms with E-state index in [1.807, 2.05) is 62.4 Å². The number of benzene rings is 3. The fourth-order valence-corrected chi connectivity index (χ4v) is 4.90. The molecule has 0 aliphatic rings. The van der Waals surface area contributed by atoms with Gasteiger partial charge in [0.15, 0.2) is 0 Å². The van der Waals surface area contributed by atoms with Crippen LogP contribution in [-0.2, 0) is 12.0 Å². The van der Waals surface area contributed by atoms with Crippen molar-refractivity contribution >= 4 is 46.6 Å². The average Bonchev–Trinajstić information content (AvgIpc) is 2.83. The monoisotopic (exact) mass is 488 g/mol. The Bertz CT molecular complexity index is 1310. The van der Waals surface area contributed by atoms with E-state index in [1.165, 1.54) is 17.5 Å². The maximum absolute atomic E-state index is 10.5. The van der Waals surface area contributed by atoms with Crippen LogP contribution in [0.25, 0.3) is 23.1 Å². The first-order chi connectivity index (χ1) is 16.3. The number of aliphatic hydroxyl groups is 1. The minimum absolute atomic E-state index is 0.157. The lowest BCUT2D eigenvalue weighted by Gasteiger charge is -2.23. The van der Waals surface area contributed by atoms with Crippen LogP contribution in [0.1, 0.15) is 53.5 Å². The molecule has 1 aromatic heterocycles. The minimum Gasteiger partial charge on any atom is -0.386 e. The van der Waals surface area contributed by atoms with Crippen LogP contribution in [-0.4, -0.2) is 10.1 Å². The van der Waals surface area contributed by atoms with E-state index in [4.69, 9.17) is 21.7 Å². The van der Waals surface area contributed by atoms with Gasteiger partial charge in [-0.25, -0.2) is 4.98 Å². The molecule has 0 saturated heterocycles. The third-order valence-electron chi connectivity index (χ3n) is 5.92. The largest absolute Gasteiger partial charge is 0.386 e. The molecule has 34 heavy (non-hydrogen) atoms. The van der Waals surface area contributed by atoms with Gasteiger partial charge in [-0.05, 0) is 73.2 Å². The summed E-state index contributed by atoms with van der Waals surface area (Å²) in [5.74, 6) is 0. The van der Waals surface area contributed by atoms with E-state index < -0.39 is 5.60 Å². The van der Waals surface area contributed by atoms with Crippen molar-refractivity contribution in [1.82, 2.24) is 4.98 Å². The number of pyridine rings is 1. The SMILES string of the molecule is CC(C)(O)c1ccccc1CCC(SN)c1cccc(/C=C/c2ccc3ccc(Cl)cc3n2)c1. The molecule has 1 heterocycles. The summed E-state index contributed by atoms with van der Waals surface area (Å²) in [7, 11) is 0. The number of aromatic nitrogens is 1. The Kier molecular flexibility index (Phi) is 7.74. The van der Waals surface area contributed by atoms with Gasteiger partial charge < -0.3 is 5.11 Å². The molecule has 5 heteroatoms. The van der Waals surface area contributed by atoms with E-state index in [-0.39, 0.29) is 5.25 Å². The molecule has 3 N–H and O–H groups in total. The first-order valence-electron chi connectivity index (χ1n) is 11.3. The van der Waals surface area contributed by atoms with E-state index in [1.54, 1.807) is 0 Å². The zero-order valence-corrected chi connectivity index (χ0v) is 21.0. The molecule has 1 atom stereocenters. The van der Waals surface area contributed by atoms with Crippen LogP contribution in [0, 0.1) is 0 Å². The summed E-state index contributed by atoms with van der Waals surface area (Å²) in [6.07, 6.45) is 5.82. The lowest BCUT2D eigenvalue weighted by atomic mass is 9.90. The van der Waals surface area contributed by atoms with Crippen molar-refractivity contribution in [3.05, 3.63) is 112 Å². The zero-order valence-electron chi connectivity index (χ0n) is 19.4. The summed E-state index contributed by atoms with van der Waals surface area (Å²) in [4.78, 5) is 4.70. The van der Waals surface area contributed by atoms with Crippen molar-refractivity contribution in [2.24, 2.45) is 5.14 Å². The van der Waals surface area contributed by atoms with E-state index >= 15 is 0 Å². The Morgan fingerprint density at radius 3 is 2.59 bits per heavy atom. The van der Waals surface area contributed by atoms with Gasteiger partial charge in [-0.15, -0.1) is 0 Å². The zero-order chi connectivity index (χ0) is 24.1. The Hall–Kier alpha value is -2.63. The van der Waals surface area contributed by atoms with Gasteiger partial charge in [0, 0.05) is 15.7 Å². The van der Waals surface area contributed by atoms with Gasteiger partial charge in [0.1, 0.15) is 0 Å². The van der Waals surface area contributed by atoms with E-state index in [0.29, 0.717) is 5.02 Å². The summed E-state index contributed by atoms with van der Waals surface area (Å²) in [6.45, 7) is 3.66. The Labute approximate surface area is 210 Å². The van der Waals surface area contributed by atoms with Crippen molar-refractivity contribution in [2.75, 3.05) is 0 Å². The van der Waals surface area contributed by atoms with Gasteiger partial charge in [-0.2, -0.15) is 0 Å². The van der Waals surface area contributed by atoms with Crippen LogP contribution in [0.3, 0.4) is 0 Å². The van der Waals surface area contributed by atoms with Crippen LogP contribution >= 0.6 is 23.5 Å². The predicted molar refractivity (Wildman–Crippen MR) is 147 cm³/mol. The Morgan fingerprint density at radius 1 is 1.00 bits per heavy atom. The highest BCUT2D eigenvalue weighted by atomic mass is 35.5. The molecule has 4 aromatic rings.